The fourth-order valence-corrected chi connectivity index (χ4v) is 1.83. The number of ether oxygens (including phenoxy) is 1. The molecule has 0 aliphatic carbocycles. The molecule has 0 N–H and O–H groups in total. The molecule has 1 fully saturated rings. The Bertz CT molecular complexity index is 184. The van der Waals surface area contributed by atoms with Crippen LogP contribution < -0.4 is 0 Å². The van der Waals surface area contributed by atoms with Crippen LogP contribution in [-0.4, -0.2) is 42.9 Å². The Morgan fingerprint density at radius 1 is 1.77 bits per heavy atom. The van der Waals surface area contributed by atoms with Crippen LogP contribution in [0.3, 0.4) is 0 Å². The van der Waals surface area contributed by atoms with Gasteiger partial charge in [0.1, 0.15) is 0 Å². The Labute approximate surface area is 84.8 Å². The molecule has 0 radical (unpaired) electrons. The van der Waals surface area contributed by atoms with Crippen molar-refractivity contribution in [1.82, 2.24) is 4.90 Å². The molecule has 4 heteroatoms. The van der Waals surface area contributed by atoms with Crippen LogP contribution in [0, 0.1) is 5.92 Å². The van der Waals surface area contributed by atoms with E-state index >= 15 is 0 Å². The molecule has 2 unspecified atom stereocenters. The van der Waals surface area contributed by atoms with Gasteiger partial charge in [0, 0.05) is 26.1 Å². The Morgan fingerprint density at radius 3 is 3.00 bits per heavy atom. The average Bonchev–Trinajstić information content (AvgIpc) is 2.52. The third-order valence-corrected chi connectivity index (χ3v) is 2.58. The van der Waals surface area contributed by atoms with Crippen LogP contribution in [0.1, 0.15) is 13.3 Å². The van der Waals surface area contributed by atoms with Crippen molar-refractivity contribution in [2.24, 2.45) is 5.92 Å². The van der Waals surface area contributed by atoms with Crippen LogP contribution in [0.5, 0.6) is 0 Å². The summed E-state index contributed by atoms with van der Waals surface area (Å²) in [5, 5.41) is -0.179. The van der Waals surface area contributed by atoms with Gasteiger partial charge in [0.15, 0.2) is 0 Å². The van der Waals surface area contributed by atoms with Gasteiger partial charge < -0.3 is 9.64 Å². The number of hydrogen-bond donors (Lipinski definition) is 1. The minimum absolute atomic E-state index is 0.141. The summed E-state index contributed by atoms with van der Waals surface area (Å²) in [5.74, 6) is 0.656. The van der Waals surface area contributed by atoms with Gasteiger partial charge >= 0.3 is 0 Å². The number of nitrogens with zero attached hydrogens (tertiary/aromatic N) is 1. The fourth-order valence-electron chi connectivity index (χ4n) is 1.67. The minimum Gasteiger partial charge on any atom is -0.384 e. The van der Waals surface area contributed by atoms with E-state index in [1.54, 1.807) is 7.11 Å². The van der Waals surface area contributed by atoms with E-state index in [9.17, 15) is 4.79 Å². The van der Waals surface area contributed by atoms with Gasteiger partial charge in [0.2, 0.25) is 5.91 Å². The van der Waals surface area contributed by atoms with Crippen LogP contribution in [-0.2, 0) is 9.53 Å². The highest BCUT2D eigenvalue weighted by molar-refractivity contribution is 7.81. The quantitative estimate of drug-likeness (QED) is 0.688. The van der Waals surface area contributed by atoms with E-state index in [-0.39, 0.29) is 11.2 Å². The van der Waals surface area contributed by atoms with E-state index < -0.39 is 0 Å². The zero-order chi connectivity index (χ0) is 9.84. The van der Waals surface area contributed by atoms with E-state index in [1.165, 1.54) is 0 Å². The molecular formula is C9H17NO2S. The molecule has 0 aromatic carbocycles. The second-order valence-corrected chi connectivity index (χ2v) is 4.34. The average molecular weight is 203 g/mol. The first kappa shape index (κ1) is 10.9. The molecule has 1 aliphatic heterocycles. The number of likely N-dealkylation sites (tertiary alicyclic amines) is 1. The molecular weight excluding hydrogens is 186 g/mol. The van der Waals surface area contributed by atoms with Gasteiger partial charge in [-0.3, -0.25) is 4.79 Å². The van der Waals surface area contributed by atoms with Crippen LogP contribution in [0.2, 0.25) is 0 Å². The zero-order valence-corrected chi connectivity index (χ0v) is 9.09. The fraction of sp³-hybridized carbons (Fsp3) is 0.889. The lowest BCUT2D eigenvalue weighted by molar-refractivity contribution is -0.129. The third-order valence-electron chi connectivity index (χ3n) is 2.36. The van der Waals surface area contributed by atoms with Gasteiger partial charge in [-0.15, -0.1) is 0 Å². The first-order valence-electron chi connectivity index (χ1n) is 4.61. The molecule has 3 nitrogen and oxygen atoms in total. The zero-order valence-electron chi connectivity index (χ0n) is 8.19. The predicted molar refractivity (Wildman–Crippen MR) is 55.0 cm³/mol. The van der Waals surface area contributed by atoms with Crippen molar-refractivity contribution in [3.63, 3.8) is 0 Å². The summed E-state index contributed by atoms with van der Waals surface area (Å²) in [6, 6.07) is 0. The molecule has 13 heavy (non-hydrogen) atoms. The van der Waals surface area contributed by atoms with Gasteiger partial charge in [-0.1, -0.05) is 0 Å². The summed E-state index contributed by atoms with van der Waals surface area (Å²) >= 11 is 4.13. The van der Waals surface area contributed by atoms with Crippen molar-refractivity contribution in [1.29, 1.82) is 0 Å². The molecule has 1 aliphatic rings. The molecule has 0 aromatic rings. The van der Waals surface area contributed by atoms with Gasteiger partial charge in [-0.05, 0) is 13.3 Å². The maximum Gasteiger partial charge on any atom is 0.235 e. The highest BCUT2D eigenvalue weighted by Gasteiger charge is 2.27. The van der Waals surface area contributed by atoms with Crippen molar-refractivity contribution in [3.05, 3.63) is 0 Å². The lowest BCUT2D eigenvalue weighted by atomic mass is 10.1. The van der Waals surface area contributed by atoms with Crippen molar-refractivity contribution < 1.29 is 9.53 Å². The lowest BCUT2D eigenvalue weighted by Crippen LogP contribution is -2.34. The predicted octanol–water partition coefficient (Wildman–Crippen LogP) is 0.800. The molecule has 0 aromatic heterocycles. The number of methoxy groups -OCH3 is 1. The molecule has 1 amide bonds. The van der Waals surface area contributed by atoms with Gasteiger partial charge in [-0.25, -0.2) is 0 Å². The van der Waals surface area contributed by atoms with Crippen LogP contribution in [0.4, 0.5) is 0 Å². The normalized spacial score (nSPS) is 24.8. The number of amides is 1. The first-order chi connectivity index (χ1) is 6.15. The summed E-state index contributed by atoms with van der Waals surface area (Å²) in [5.41, 5.74) is 0. The van der Waals surface area contributed by atoms with E-state index in [2.05, 4.69) is 12.6 Å². The van der Waals surface area contributed by atoms with Gasteiger partial charge in [0.05, 0.1) is 11.9 Å². The second kappa shape index (κ2) is 4.86. The Hall–Kier alpha value is -0.220. The summed E-state index contributed by atoms with van der Waals surface area (Å²) in [6.07, 6.45) is 1.06. The summed E-state index contributed by atoms with van der Waals surface area (Å²) in [7, 11) is 1.70. The van der Waals surface area contributed by atoms with Crippen molar-refractivity contribution in [2.75, 3.05) is 26.8 Å². The number of carbonyl (C=O) groups is 1. The van der Waals surface area contributed by atoms with Gasteiger partial charge in [0.25, 0.3) is 0 Å². The highest BCUT2D eigenvalue weighted by atomic mass is 32.1. The Kier molecular flexibility index (Phi) is 4.06. The van der Waals surface area contributed by atoms with Gasteiger partial charge in [-0.2, -0.15) is 12.6 Å². The molecule has 1 saturated heterocycles. The maximum absolute atomic E-state index is 11.5. The number of hydrogen-bond acceptors (Lipinski definition) is 3. The maximum atomic E-state index is 11.5. The van der Waals surface area contributed by atoms with E-state index in [0.29, 0.717) is 5.92 Å². The highest BCUT2D eigenvalue weighted by Crippen LogP contribution is 2.17. The molecule has 2 atom stereocenters. The molecule has 1 heterocycles. The van der Waals surface area contributed by atoms with Crippen LogP contribution >= 0.6 is 12.6 Å². The Morgan fingerprint density at radius 2 is 2.46 bits per heavy atom. The molecule has 76 valence electrons. The number of thiol groups is 1. The van der Waals surface area contributed by atoms with Crippen molar-refractivity contribution in [2.45, 2.75) is 18.6 Å². The number of carbonyl (C=O) groups excluding carboxylic acids is 1. The van der Waals surface area contributed by atoms with Crippen LogP contribution in [0.25, 0.3) is 0 Å². The molecule has 0 saturated carbocycles. The summed E-state index contributed by atoms with van der Waals surface area (Å²) in [6.45, 7) is 4.26. The third kappa shape index (κ3) is 2.88. The monoisotopic (exact) mass is 203 g/mol. The summed E-state index contributed by atoms with van der Waals surface area (Å²) in [4.78, 5) is 13.4. The Balaban J connectivity index is 2.36. The van der Waals surface area contributed by atoms with E-state index in [4.69, 9.17) is 4.74 Å². The summed E-state index contributed by atoms with van der Waals surface area (Å²) < 4.78 is 5.06. The molecule has 0 spiro atoms. The topological polar surface area (TPSA) is 29.5 Å². The van der Waals surface area contributed by atoms with E-state index in [1.807, 2.05) is 11.8 Å². The smallest absolute Gasteiger partial charge is 0.235 e. The number of rotatable bonds is 3. The van der Waals surface area contributed by atoms with Crippen LogP contribution in [0.15, 0.2) is 0 Å². The molecule has 1 rings (SSSR count). The lowest BCUT2D eigenvalue weighted by Gasteiger charge is -2.18. The SMILES string of the molecule is COCC1CCN(C(=O)C(C)S)C1. The van der Waals surface area contributed by atoms with Crippen molar-refractivity contribution >= 4 is 18.5 Å². The second-order valence-electron chi connectivity index (χ2n) is 3.57. The first-order valence-corrected chi connectivity index (χ1v) is 5.12. The molecule has 0 bridgehead atoms. The van der Waals surface area contributed by atoms with Crippen molar-refractivity contribution in [3.8, 4) is 0 Å². The largest absolute Gasteiger partial charge is 0.384 e. The minimum atomic E-state index is -0.179. The standard InChI is InChI=1S/C9H17NO2S/c1-7(13)9(11)10-4-3-8(5-10)6-12-2/h7-8,13H,3-6H2,1-2H3. The van der Waals surface area contributed by atoms with E-state index in [0.717, 1.165) is 26.1 Å².